The van der Waals surface area contributed by atoms with Gasteiger partial charge in [-0.25, -0.2) is 0 Å². The number of aromatic nitrogens is 2. The quantitative estimate of drug-likeness (QED) is 0.672. The number of thioether (sulfide) groups is 1. The Kier molecular flexibility index (Phi) is 2.40. The first-order valence-electron chi connectivity index (χ1n) is 4.42. The minimum atomic E-state index is 0.184. The molecule has 3 nitrogen and oxygen atoms in total. The summed E-state index contributed by atoms with van der Waals surface area (Å²) in [7, 11) is 1.83. The lowest BCUT2D eigenvalue weighted by Crippen LogP contribution is -2.13. The van der Waals surface area contributed by atoms with Crippen LogP contribution in [0.15, 0.2) is 12.4 Å². The minimum Gasteiger partial charge on any atom is -0.293 e. The van der Waals surface area contributed by atoms with Crippen molar-refractivity contribution in [2.24, 2.45) is 7.05 Å². The number of Topliss-reactive ketones (excluding diaryl/α,β-unsaturated/α-hetero) is 1. The third kappa shape index (κ3) is 1.77. The van der Waals surface area contributed by atoms with E-state index in [1.165, 1.54) is 6.42 Å². The maximum Gasteiger partial charge on any atom is 0.178 e. The Morgan fingerprint density at radius 1 is 1.77 bits per heavy atom. The Bertz CT molecular complexity index is 315. The molecule has 0 aromatic carbocycles. The maximum absolute atomic E-state index is 11.8. The molecule has 2 heterocycles. The second kappa shape index (κ2) is 3.54. The summed E-state index contributed by atoms with van der Waals surface area (Å²) in [6, 6.07) is 0. The average molecular weight is 196 g/mol. The summed E-state index contributed by atoms with van der Waals surface area (Å²) in [6.07, 6.45) is 5.64. The van der Waals surface area contributed by atoms with Crippen LogP contribution in [0.1, 0.15) is 23.2 Å². The number of nitrogens with zero attached hydrogens (tertiary/aromatic N) is 2. The van der Waals surface area contributed by atoms with Crippen LogP contribution < -0.4 is 0 Å². The zero-order valence-corrected chi connectivity index (χ0v) is 8.38. The van der Waals surface area contributed by atoms with Crippen molar-refractivity contribution in [3.8, 4) is 0 Å². The Morgan fingerprint density at radius 2 is 2.62 bits per heavy atom. The highest BCUT2D eigenvalue weighted by Crippen LogP contribution is 2.28. The van der Waals surface area contributed by atoms with E-state index in [1.54, 1.807) is 28.8 Å². The van der Waals surface area contributed by atoms with Gasteiger partial charge < -0.3 is 0 Å². The largest absolute Gasteiger partial charge is 0.293 e. The van der Waals surface area contributed by atoms with Gasteiger partial charge in [0.2, 0.25) is 0 Å². The lowest BCUT2D eigenvalue weighted by atomic mass is 10.1. The molecule has 0 N–H and O–H groups in total. The Morgan fingerprint density at radius 3 is 3.15 bits per heavy atom. The summed E-state index contributed by atoms with van der Waals surface area (Å²) in [5.41, 5.74) is 0.752. The van der Waals surface area contributed by atoms with Crippen LogP contribution >= 0.6 is 11.8 Å². The van der Waals surface area contributed by atoms with Crippen LogP contribution in [0.3, 0.4) is 0 Å². The first kappa shape index (κ1) is 8.81. The van der Waals surface area contributed by atoms with Crippen LogP contribution in [-0.2, 0) is 7.05 Å². The molecule has 1 fully saturated rings. The number of hydrogen-bond donors (Lipinski definition) is 0. The predicted molar refractivity (Wildman–Crippen MR) is 53.0 cm³/mol. The standard InChI is InChI=1S/C9H12N2OS/c1-11-6-7(5-10-11)9(12)8-3-2-4-13-8/h5-6,8H,2-4H2,1H3. The fourth-order valence-corrected chi connectivity index (χ4v) is 2.76. The smallest absolute Gasteiger partial charge is 0.178 e. The van der Waals surface area contributed by atoms with Gasteiger partial charge in [-0.1, -0.05) is 0 Å². The molecule has 4 heteroatoms. The zero-order chi connectivity index (χ0) is 9.26. The molecule has 0 saturated carbocycles. The van der Waals surface area contributed by atoms with Crippen LogP contribution in [0.2, 0.25) is 0 Å². The summed E-state index contributed by atoms with van der Waals surface area (Å²) in [5, 5.41) is 4.18. The highest BCUT2D eigenvalue weighted by Gasteiger charge is 2.24. The molecule has 70 valence electrons. The molecule has 2 rings (SSSR count). The van der Waals surface area contributed by atoms with Gasteiger partial charge in [0, 0.05) is 13.2 Å². The first-order chi connectivity index (χ1) is 6.27. The van der Waals surface area contributed by atoms with Crippen molar-refractivity contribution < 1.29 is 4.79 Å². The van der Waals surface area contributed by atoms with E-state index in [0.29, 0.717) is 0 Å². The van der Waals surface area contributed by atoms with Gasteiger partial charge in [0.25, 0.3) is 0 Å². The van der Waals surface area contributed by atoms with Gasteiger partial charge in [-0.05, 0) is 18.6 Å². The molecule has 0 aliphatic carbocycles. The van der Waals surface area contributed by atoms with Gasteiger partial charge in [-0.3, -0.25) is 9.48 Å². The van der Waals surface area contributed by atoms with Crippen LogP contribution in [0.5, 0.6) is 0 Å². The van der Waals surface area contributed by atoms with Crippen molar-refractivity contribution in [3.05, 3.63) is 18.0 Å². The molecular weight excluding hydrogens is 184 g/mol. The molecule has 1 saturated heterocycles. The second-order valence-electron chi connectivity index (χ2n) is 3.27. The fraction of sp³-hybridized carbons (Fsp3) is 0.556. The van der Waals surface area contributed by atoms with Crippen molar-refractivity contribution in [2.75, 3.05) is 5.75 Å². The van der Waals surface area contributed by atoms with E-state index in [2.05, 4.69) is 5.10 Å². The number of hydrogen-bond acceptors (Lipinski definition) is 3. The van der Waals surface area contributed by atoms with E-state index in [-0.39, 0.29) is 11.0 Å². The van der Waals surface area contributed by atoms with Gasteiger partial charge in [0.05, 0.1) is 17.0 Å². The molecule has 13 heavy (non-hydrogen) atoms. The van der Waals surface area contributed by atoms with Crippen LogP contribution in [-0.4, -0.2) is 26.6 Å². The Labute approximate surface area is 81.5 Å². The molecule has 1 aromatic rings. The number of aryl methyl sites for hydroxylation is 1. The fourth-order valence-electron chi connectivity index (χ4n) is 1.52. The number of carbonyl (C=O) groups is 1. The van der Waals surface area contributed by atoms with Crippen LogP contribution in [0, 0.1) is 0 Å². The number of rotatable bonds is 2. The molecule has 0 spiro atoms. The zero-order valence-electron chi connectivity index (χ0n) is 7.56. The van der Waals surface area contributed by atoms with E-state index in [4.69, 9.17) is 0 Å². The topological polar surface area (TPSA) is 34.9 Å². The average Bonchev–Trinajstić information content (AvgIpc) is 2.72. The third-order valence-electron chi connectivity index (χ3n) is 2.21. The second-order valence-corrected chi connectivity index (χ2v) is 4.58. The van der Waals surface area contributed by atoms with E-state index in [0.717, 1.165) is 17.7 Å². The molecule has 1 aliphatic heterocycles. The molecule has 0 amide bonds. The van der Waals surface area contributed by atoms with Crippen LogP contribution in [0.4, 0.5) is 0 Å². The van der Waals surface area contributed by atoms with Crippen molar-refractivity contribution in [1.82, 2.24) is 9.78 Å². The number of carbonyl (C=O) groups excluding carboxylic acids is 1. The summed E-state index contributed by atoms with van der Waals surface area (Å²) in [4.78, 5) is 11.8. The molecule has 0 radical (unpaired) electrons. The molecule has 1 aliphatic rings. The Hall–Kier alpha value is -0.770. The molecule has 1 aromatic heterocycles. The monoisotopic (exact) mass is 196 g/mol. The lowest BCUT2D eigenvalue weighted by Gasteiger charge is -2.03. The Balaban J connectivity index is 2.12. The van der Waals surface area contributed by atoms with Crippen LogP contribution in [0.25, 0.3) is 0 Å². The molecule has 1 unspecified atom stereocenters. The van der Waals surface area contributed by atoms with E-state index < -0.39 is 0 Å². The van der Waals surface area contributed by atoms with E-state index in [1.807, 2.05) is 7.05 Å². The van der Waals surface area contributed by atoms with Gasteiger partial charge in [-0.15, -0.1) is 0 Å². The first-order valence-corrected chi connectivity index (χ1v) is 5.47. The highest BCUT2D eigenvalue weighted by atomic mass is 32.2. The molecule has 1 atom stereocenters. The summed E-state index contributed by atoms with van der Waals surface area (Å²) in [5.74, 6) is 1.37. The van der Waals surface area contributed by atoms with Crippen molar-refractivity contribution in [1.29, 1.82) is 0 Å². The predicted octanol–water partition coefficient (Wildman–Crippen LogP) is 1.50. The number of ketones is 1. The van der Waals surface area contributed by atoms with Gasteiger partial charge >= 0.3 is 0 Å². The van der Waals surface area contributed by atoms with E-state index in [9.17, 15) is 4.79 Å². The summed E-state index contributed by atoms with van der Waals surface area (Å²) >= 11 is 1.77. The highest BCUT2D eigenvalue weighted by molar-refractivity contribution is 8.00. The SMILES string of the molecule is Cn1cc(C(=O)C2CCCS2)cn1. The van der Waals surface area contributed by atoms with Crippen molar-refractivity contribution in [2.45, 2.75) is 18.1 Å². The minimum absolute atomic E-state index is 0.184. The summed E-state index contributed by atoms with van der Waals surface area (Å²) < 4.78 is 1.67. The summed E-state index contributed by atoms with van der Waals surface area (Å²) in [6.45, 7) is 0. The van der Waals surface area contributed by atoms with Gasteiger partial charge in [0.15, 0.2) is 5.78 Å². The maximum atomic E-state index is 11.8. The van der Waals surface area contributed by atoms with Crippen molar-refractivity contribution in [3.63, 3.8) is 0 Å². The molecule has 0 bridgehead atoms. The van der Waals surface area contributed by atoms with Crippen molar-refractivity contribution >= 4 is 17.5 Å². The lowest BCUT2D eigenvalue weighted by molar-refractivity contribution is 0.0988. The van der Waals surface area contributed by atoms with E-state index >= 15 is 0 Å². The van der Waals surface area contributed by atoms with Gasteiger partial charge in [-0.2, -0.15) is 16.9 Å². The normalized spacial score (nSPS) is 22.1. The molecular formula is C9H12N2OS. The van der Waals surface area contributed by atoms with Gasteiger partial charge in [0.1, 0.15) is 0 Å². The third-order valence-corrected chi connectivity index (χ3v) is 3.59.